The highest BCUT2D eigenvalue weighted by molar-refractivity contribution is 8.15. The predicted molar refractivity (Wildman–Crippen MR) is 63.8 cm³/mol. The second-order valence-electron chi connectivity index (χ2n) is 3.07. The molecular weight excluding hydrogens is 248 g/mol. The van der Waals surface area contributed by atoms with Gasteiger partial charge in [-0.1, -0.05) is 23.4 Å². The number of halogens is 1. The zero-order valence-electron chi connectivity index (χ0n) is 8.07. The quantitative estimate of drug-likeness (QED) is 0.830. The summed E-state index contributed by atoms with van der Waals surface area (Å²) in [6, 6.07) is 6.43. The van der Waals surface area contributed by atoms with Crippen molar-refractivity contribution in [1.29, 1.82) is 0 Å². The summed E-state index contributed by atoms with van der Waals surface area (Å²) in [5.74, 6) is -0.207. The molecule has 0 unspecified atom stereocenters. The fourth-order valence-electron chi connectivity index (χ4n) is 1.13. The fraction of sp³-hybridized carbons (Fsp3) is 0.100. The summed E-state index contributed by atoms with van der Waals surface area (Å²) in [5.41, 5.74) is 0.443. The number of rotatable bonds is 1. The van der Waals surface area contributed by atoms with Gasteiger partial charge in [-0.3, -0.25) is 9.59 Å². The van der Waals surface area contributed by atoms with E-state index in [9.17, 15) is 9.59 Å². The van der Waals surface area contributed by atoms with Gasteiger partial charge in [0.1, 0.15) is 0 Å². The third-order valence-electron chi connectivity index (χ3n) is 1.88. The SMILES string of the molecule is O=C1CSC(=NC(=O)c2ccc(Cl)cc2)N1. The van der Waals surface area contributed by atoms with E-state index in [4.69, 9.17) is 11.6 Å². The van der Waals surface area contributed by atoms with Crippen LogP contribution in [0.1, 0.15) is 10.4 Å². The maximum Gasteiger partial charge on any atom is 0.279 e. The van der Waals surface area contributed by atoms with E-state index in [2.05, 4.69) is 10.3 Å². The molecule has 16 heavy (non-hydrogen) atoms. The van der Waals surface area contributed by atoms with Gasteiger partial charge in [0.25, 0.3) is 5.91 Å². The van der Waals surface area contributed by atoms with Gasteiger partial charge in [0.15, 0.2) is 5.17 Å². The summed E-state index contributed by atoms with van der Waals surface area (Å²) in [7, 11) is 0. The fourth-order valence-corrected chi connectivity index (χ4v) is 1.93. The van der Waals surface area contributed by atoms with Gasteiger partial charge in [-0.2, -0.15) is 4.99 Å². The Labute approximate surface area is 101 Å². The highest BCUT2D eigenvalue weighted by Gasteiger charge is 2.17. The van der Waals surface area contributed by atoms with Crippen molar-refractivity contribution in [3.05, 3.63) is 34.9 Å². The number of nitrogens with zero attached hydrogens (tertiary/aromatic N) is 1. The number of carbonyl (C=O) groups excluding carboxylic acids is 2. The molecule has 0 saturated carbocycles. The molecular formula is C10H7ClN2O2S. The van der Waals surface area contributed by atoms with Crippen LogP contribution in [-0.4, -0.2) is 22.7 Å². The minimum Gasteiger partial charge on any atom is -0.304 e. The smallest absolute Gasteiger partial charge is 0.279 e. The van der Waals surface area contributed by atoms with Gasteiger partial charge in [0.05, 0.1) is 5.75 Å². The van der Waals surface area contributed by atoms with E-state index in [1.807, 2.05) is 0 Å². The van der Waals surface area contributed by atoms with Crippen molar-refractivity contribution < 1.29 is 9.59 Å². The number of aliphatic imine (C=N–C) groups is 1. The number of thioether (sulfide) groups is 1. The topological polar surface area (TPSA) is 58.5 Å². The molecule has 4 nitrogen and oxygen atoms in total. The highest BCUT2D eigenvalue weighted by atomic mass is 35.5. The molecule has 1 aliphatic heterocycles. The number of benzene rings is 1. The van der Waals surface area contributed by atoms with E-state index in [0.29, 0.717) is 21.5 Å². The second-order valence-corrected chi connectivity index (χ2v) is 4.47. The van der Waals surface area contributed by atoms with Crippen molar-refractivity contribution in [3.8, 4) is 0 Å². The van der Waals surface area contributed by atoms with Gasteiger partial charge in [0, 0.05) is 10.6 Å². The Kier molecular flexibility index (Phi) is 3.26. The molecule has 0 spiro atoms. The lowest BCUT2D eigenvalue weighted by atomic mass is 10.2. The third kappa shape index (κ3) is 2.62. The molecule has 82 valence electrons. The van der Waals surface area contributed by atoms with Crippen LogP contribution < -0.4 is 5.32 Å². The van der Waals surface area contributed by atoms with Crippen molar-refractivity contribution in [3.63, 3.8) is 0 Å². The van der Waals surface area contributed by atoms with Crippen LogP contribution in [0, 0.1) is 0 Å². The molecule has 6 heteroatoms. The van der Waals surface area contributed by atoms with E-state index in [1.54, 1.807) is 24.3 Å². The van der Waals surface area contributed by atoms with Crippen LogP contribution in [0.4, 0.5) is 0 Å². The van der Waals surface area contributed by atoms with E-state index < -0.39 is 0 Å². The largest absolute Gasteiger partial charge is 0.304 e. The van der Waals surface area contributed by atoms with Crippen LogP contribution in [0.15, 0.2) is 29.3 Å². The van der Waals surface area contributed by atoms with Gasteiger partial charge in [-0.25, -0.2) is 0 Å². The number of hydrogen-bond donors (Lipinski definition) is 1. The molecule has 0 radical (unpaired) electrons. The Bertz CT molecular complexity index is 470. The third-order valence-corrected chi connectivity index (χ3v) is 3.01. The summed E-state index contributed by atoms with van der Waals surface area (Å²) in [5, 5.41) is 3.41. The molecule has 2 amide bonds. The Balaban J connectivity index is 2.14. The number of nitrogens with one attached hydrogen (secondary N) is 1. The average Bonchev–Trinajstić information content (AvgIpc) is 2.65. The Morgan fingerprint density at radius 3 is 2.62 bits per heavy atom. The van der Waals surface area contributed by atoms with Crippen molar-refractivity contribution in [2.45, 2.75) is 0 Å². The lowest BCUT2D eigenvalue weighted by Crippen LogP contribution is -2.21. The van der Waals surface area contributed by atoms with Crippen molar-refractivity contribution in [2.24, 2.45) is 4.99 Å². The van der Waals surface area contributed by atoms with Gasteiger partial charge >= 0.3 is 0 Å². The highest BCUT2D eigenvalue weighted by Crippen LogP contribution is 2.13. The number of hydrogen-bond acceptors (Lipinski definition) is 3. The maximum atomic E-state index is 11.6. The van der Waals surface area contributed by atoms with E-state index >= 15 is 0 Å². The number of carbonyl (C=O) groups is 2. The summed E-state index contributed by atoms with van der Waals surface area (Å²) in [6.07, 6.45) is 0. The molecule has 0 aromatic heterocycles. The zero-order chi connectivity index (χ0) is 11.5. The molecule has 1 aromatic carbocycles. The Hall–Kier alpha value is -1.33. The molecule has 1 aromatic rings. The predicted octanol–water partition coefficient (Wildman–Crippen LogP) is 1.70. The monoisotopic (exact) mass is 254 g/mol. The first-order valence-electron chi connectivity index (χ1n) is 4.46. The van der Waals surface area contributed by atoms with Crippen molar-refractivity contribution in [2.75, 3.05) is 5.75 Å². The van der Waals surface area contributed by atoms with Gasteiger partial charge in [0.2, 0.25) is 5.91 Å². The Morgan fingerprint density at radius 2 is 2.06 bits per heavy atom. The van der Waals surface area contributed by atoms with Crippen LogP contribution >= 0.6 is 23.4 Å². The average molecular weight is 255 g/mol. The minimum absolute atomic E-state index is 0.132. The molecule has 1 heterocycles. The van der Waals surface area contributed by atoms with Gasteiger partial charge in [-0.05, 0) is 24.3 Å². The normalized spacial score (nSPS) is 17.6. The first-order valence-corrected chi connectivity index (χ1v) is 5.83. The first-order chi connectivity index (χ1) is 7.65. The summed E-state index contributed by atoms with van der Waals surface area (Å²) >= 11 is 6.92. The van der Waals surface area contributed by atoms with E-state index in [-0.39, 0.29) is 11.8 Å². The van der Waals surface area contributed by atoms with Crippen LogP contribution in [-0.2, 0) is 4.79 Å². The van der Waals surface area contributed by atoms with E-state index in [0.717, 1.165) is 0 Å². The number of amides is 2. The molecule has 1 fully saturated rings. The second kappa shape index (κ2) is 4.67. The van der Waals surface area contributed by atoms with Crippen LogP contribution in [0.5, 0.6) is 0 Å². The zero-order valence-corrected chi connectivity index (χ0v) is 9.64. The molecule has 1 N–H and O–H groups in total. The van der Waals surface area contributed by atoms with Gasteiger partial charge < -0.3 is 5.32 Å². The molecule has 0 atom stereocenters. The van der Waals surface area contributed by atoms with Crippen LogP contribution in [0.25, 0.3) is 0 Å². The van der Waals surface area contributed by atoms with Crippen LogP contribution in [0.2, 0.25) is 5.02 Å². The lowest BCUT2D eigenvalue weighted by molar-refractivity contribution is -0.116. The first kappa shape index (κ1) is 11.2. The van der Waals surface area contributed by atoms with Crippen molar-refractivity contribution in [1.82, 2.24) is 5.32 Å². The molecule has 0 bridgehead atoms. The van der Waals surface area contributed by atoms with E-state index in [1.165, 1.54) is 11.8 Å². The number of amidine groups is 1. The van der Waals surface area contributed by atoms with Crippen LogP contribution in [0.3, 0.4) is 0 Å². The molecule has 0 aliphatic carbocycles. The lowest BCUT2D eigenvalue weighted by Gasteiger charge is -1.97. The van der Waals surface area contributed by atoms with Gasteiger partial charge in [-0.15, -0.1) is 0 Å². The Morgan fingerprint density at radius 1 is 1.38 bits per heavy atom. The van der Waals surface area contributed by atoms with Crippen molar-refractivity contribution >= 4 is 40.3 Å². The molecule has 2 rings (SSSR count). The summed E-state index contributed by atoms with van der Waals surface area (Å²) < 4.78 is 0. The standard InChI is InChI=1S/C10H7ClN2O2S/c11-7-3-1-6(2-4-7)9(15)13-10-12-8(14)5-16-10/h1-4H,5H2,(H,12,13,14,15). The molecule has 1 aliphatic rings. The maximum absolute atomic E-state index is 11.6. The minimum atomic E-state index is -0.388. The summed E-state index contributed by atoms with van der Waals surface area (Å²) in [4.78, 5) is 26.3. The summed E-state index contributed by atoms with van der Waals surface area (Å²) in [6.45, 7) is 0. The molecule has 1 saturated heterocycles.